The molecule has 0 bridgehead atoms. The van der Waals surface area contributed by atoms with Crippen LogP contribution in [-0.2, 0) is 0 Å². The van der Waals surface area contributed by atoms with E-state index in [2.05, 4.69) is 5.32 Å². The van der Waals surface area contributed by atoms with Gasteiger partial charge in [0.2, 0.25) is 0 Å². The van der Waals surface area contributed by atoms with E-state index in [0.717, 1.165) is 29.6 Å². The topological polar surface area (TPSA) is 29.1 Å². The van der Waals surface area contributed by atoms with Crippen molar-refractivity contribution in [2.24, 2.45) is 0 Å². The van der Waals surface area contributed by atoms with Crippen LogP contribution in [0.1, 0.15) is 15.9 Å². The molecular formula is C10H9NO. The molecule has 1 aliphatic heterocycles. The quantitative estimate of drug-likeness (QED) is 0.634. The van der Waals surface area contributed by atoms with Gasteiger partial charge in [-0.05, 0) is 6.07 Å². The van der Waals surface area contributed by atoms with Gasteiger partial charge in [-0.2, -0.15) is 0 Å². The largest absolute Gasteiger partial charge is 0.381 e. The van der Waals surface area contributed by atoms with Crippen LogP contribution in [0.4, 0.5) is 5.69 Å². The lowest BCUT2D eigenvalue weighted by molar-refractivity contribution is 0.112. The lowest BCUT2D eigenvalue weighted by atomic mass is 10.0. The third kappa shape index (κ3) is 1.01. The van der Waals surface area contributed by atoms with Gasteiger partial charge in [0.25, 0.3) is 0 Å². The zero-order valence-electron chi connectivity index (χ0n) is 6.58. The fourth-order valence-corrected chi connectivity index (χ4v) is 1.37. The third-order valence-electron chi connectivity index (χ3n) is 1.96. The monoisotopic (exact) mass is 159 g/mol. The van der Waals surface area contributed by atoms with E-state index >= 15 is 0 Å². The number of hydrogen-bond donors (Lipinski definition) is 1. The molecule has 12 heavy (non-hydrogen) atoms. The van der Waals surface area contributed by atoms with Crippen LogP contribution in [0.15, 0.2) is 24.3 Å². The van der Waals surface area contributed by atoms with Crippen molar-refractivity contribution in [3.05, 3.63) is 35.4 Å². The first-order valence-electron chi connectivity index (χ1n) is 3.90. The van der Waals surface area contributed by atoms with Crippen LogP contribution in [-0.4, -0.2) is 12.8 Å². The molecule has 1 N–H and O–H groups in total. The van der Waals surface area contributed by atoms with Crippen molar-refractivity contribution in [1.29, 1.82) is 0 Å². The summed E-state index contributed by atoms with van der Waals surface area (Å²) < 4.78 is 0. The molecule has 2 rings (SSSR count). The van der Waals surface area contributed by atoms with Crippen molar-refractivity contribution in [2.45, 2.75) is 0 Å². The molecule has 1 aromatic rings. The first kappa shape index (κ1) is 7.10. The highest BCUT2D eigenvalue weighted by Crippen LogP contribution is 2.22. The highest BCUT2D eigenvalue weighted by Gasteiger charge is 2.06. The van der Waals surface area contributed by atoms with E-state index in [1.54, 1.807) is 0 Å². The number of benzene rings is 1. The SMILES string of the molecule is O=Cc1cccc2c1C=CCN2. The summed E-state index contributed by atoms with van der Waals surface area (Å²) in [7, 11) is 0. The number of hydrogen-bond acceptors (Lipinski definition) is 2. The molecule has 0 aromatic heterocycles. The number of carbonyl (C=O) groups is 1. The van der Waals surface area contributed by atoms with Crippen molar-refractivity contribution >= 4 is 18.0 Å². The number of aldehydes is 1. The van der Waals surface area contributed by atoms with Crippen molar-refractivity contribution in [2.75, 3.05) is 11.9 Å². The molecule has 2 heteroatoms. The Kier molecular flexibility index (Phi) is 1.67. The average molecular weight is 159 g/mol. The van der Waals surface area contributed by atoms with Gasteiger partial charge in [-0.1, -0.05) is 24.3 Å². The molecule has 0 atom stereocenters. The molecule has 0 radical (unpaired) electrons. The van der Waals surface area contributed by atoms with Gasteiger partial charge in [0, 0.05) is 23.4 Å². The molecule has 1 aromatic carbocycles. The Morgan fingerprint density at radius 1 is 1.42 bits per heavy atom. The van der Waals surface area contributed by atoms with Crippen molar-refractivity contribution in [3.63, 3.8) is 0 Å². The number of carbonyl (C=O) groups excluding carboxylic acids is 1. The summed E-state index contributed by atoms with van der Waals surface area (Å²) in [5, 5.41) is 3.19. The molecule has 0 saturated carbocycles. The molecular weight excluding hydrogens is 150 g/mol. The Morgan fingerprint density at radius 3 is 3.17 bits per heavy atom. The molecule has 2 nitrogen and oxygen atoms in total. The highest BCUT2D eigenvalue weighted by atomic mass is 16.1. The predicted molar refractivity (Wildman–Crippen MR) is 49.4 cm³/mol. The van der Waals surface area contributed by atoms with Crippen molar-refractivity contribution < 1.29 is 4.79 Å². The molecule has 1 aliphatic rings. The zero-order valence-corrected chi connectivity index (χ0v) is 6.58. The van der Waals surface area contributed by atoms with E-state index in [-0.39, 0.29) is 0 Å². The molecule has 0 fully saturated rings. The summed E-state index contributed by atoms with van der Waals surface area (Å²) in [6.45, 7) is 0.843. The van der Waals surface area contributed by atoms with Crippen molar-refractivity contribution in [3.8, 4) is 0 Å². The second-order valence-electron chi connectivity index (χ2n) is 2.71. The fraction of sp³-hybridized carbons (Fsp3) is 0.100. The maximum atomic E-state index is 10.6. The normalized spacial score (nSPS) is 13.3. The van der Waals surface area contributed by atoms with Gasteiger partial charge in [0.15, 0.2) is 6.29 Å². The lowest BCUT2D eigenvalue weighted by Gasteiger charge is -2.13. The van der Waals surface area contributed by atoms with Gasteiger partial charge < -0.3 is 5.32 Å². The minimum atomic E-state index is 0.746. The van der Waals surface area contributed by atoms with Crippen LogP contribution in [0.2, 0.25) is 0 Å². The van der Waals surface area contributed by atoms with Crippen LogP contribution in [0.3, 0.4) is 0 Å². The molecule has 0 saturated heterocycles. The molecule has 60 valence electrons. The van der Waals surface area contributed by atoms with E-state index in [0.29, 0.717) is 0 Å². The van der Waals surface area contributed by atoms with Crippen LogP contribution < -0.4 is 5.32 Å². The fourth-order valence-electron chi connectivity index (χ4n) is 1.37. The van der Waals surface area contributed by atoms with E-state index in [1.807, 2.05) is 30.4 Å². The minimum absolute atomic E-state index is 0.746. The van der Waals surface area contributed by atoms with Gasteiger partial charge >= 0.3 is 0 Å². The maximum Gasteiger partial charge on any atom is 0.150 e. The minimum Gasteiger partial charge on any atom is -0.381 e. The highest BCUT2D eigenvalue weighted by molar-refractivity contribution is 5.87. The van der Waals surface area contributed by atoms with Crippen LogP contribution in [0.5, 0.6) is 0 Å². The first-order valence-corrected chi connectivity index (χ1v) is 3.90. The van der Waals surface area contributed by atoms with Crippen molar-refractivity contribution in [1.82, 2.24) is 0 Å². The second-order valence-corrected chi connectivity index (χ2v) is 2.71. The summed E-state index contributed by atoms with van der Waals surface area (Å²) in [6.07, 6.45) is 4.88. The number of fused-ring (bicyclic) bond motifs is 1. The summed E-state index contributed by atoms with van der Waals surface area (Å²) in [6, 6.07) is 5.68. The number of rotatable bonds is 1. The lowest BCUT2D eigenvalue weighted by Crippen LogP contribution is -2.05. The summed E-state index contributed by atoms with van der Waals surface area (Å²) in [5.74, 6) is 0. The second kappa shape index (κ2) is 2.81. The van der Waals surface area contributed by atoms with E-state index in [1.165, 1.54) is 0 Å². The number of anilines is 1. The van der Waals surface area contributed by atoms with Crippen LogP contribution >= 0.6 is 0 Å². The van der Waals surface area contributed by atoms with E-state index in [4.69, 9.17) is 0 Å². The Balaban J connectivity index is 2.61. The van der Waals surface area contributed by atoms with Gasteiger partial charge in [0.05, 0.1) is 0 Å². The summed E-state index contributed by atoms with van der Waals surface area (Å²) in [4.78, 5) is 10.6. The molecule has 0 unspecified atom stereocenters. The third-order valence-corrected chi connectivity index (χ3v) is 1.96. The van der Waals surface area contributed by atoms with E-state index in [9.17, 15) is 4.79 Å². The predicted octanol–water partition coefficient (Wildman–Crippen LogP) is 1.94. The average Bonchev–Trinajstić information content (AvgIpc) is 2.17. The number of nitrogens with one attached hydrogen (secondary N) is 1. The summed E-state index contributed by atoms with van der Waals surface area (Å²) in [5.41, 5.74) is 2.79. The Hall–Kier alpha value is -1.57. The maximum absolute atomic E-state index is 10.6. The van der Waals surface area contributed by atoms with Crippen LogP contribution in [0.25, 0.3) is 6.08 Å². The Bertz CT molecular complexity index is 342. The molecule has 0 amide bonds. The molecule has 0 spiro atoms. The molecule has 0 aliphatic carbocycles. The summed E-state index contributed by atoms with van der Waals surface area (Å²) >= 11 is 0. The first-order chi connectivity index (χ1) is 5.92. The Morgan fingerprint density at radius 2 is 2.33 bits per heavy atom. The van der Waals surface area contributed by atoms with Crippen LogP contribution in [0, 0.1) is 0 Å². The van der Waals surface area contributed by atoms with Gasteiger partial charge in [-0.15, -0.1) is 0 Å². The Labute approximate surface area is 70.9 Å². The van der Waals surface area contributed by atoms with E-state index < -0.39 is 0 Å². The van der Waals surface area contributed by atoms with Gasteiger partial charge in [0.1, 0.15) is 0 Å². The molecule has 1 heterocycles. The van der Waals surface area contributed by atoms with Gasteiger partial charge in [-0.3, -0.25) is 4.79 Å². The zero-order chi connectivity index (χ0) is 8.39. The standard InChI is InChI=1S/C10H9NO/c12-7-8-3-1-5-10-9(8)4-2-6-11-10/h1-5,7,11H,6H2. The smallest absolute Gasteiger partial charge is 0.150 e. The van der Waals surface area contributed by atoms with Gasteiger partial charge in [-0.25, -0.2) is 0 Å².